The van der Waals surface area contributed by atoms with Gasteiger partial charge in [-0.15, -0.1) is 0 Å². The van der Waals surface area contributed by atoms with E-state index in [0.29, 0.717) is 11.3 Å². The van der Waals surface area contributed by atoms with Crippen molar-refractivity contribution in [2.24, 2.45) is 0 Å². The number of esters is 1. The third-order valence-corrected chi connectivity index (χ3v) is 2.99. The first-order valence-corrected chi connectivity index (χ1v) is 6.01. The number of methoxy groups -OCH3 is 1. The number of allylic oxidation sites excluding steroid dienone is 1. The van der Waals surface area contributed by atoms with Crippen molar-refractivity contribution >= 4 is 23.6 Å². The maximum atomic E-state index is 11.9. The van der Waals surface area contributed by atoms with Gasteiger partial charge in [0.2, 0.25) is 0 Å². The minimum atomic E-state index is -0.612. The summed E-state index contributed by atoms with van der Waals surface area (Å²) < 4.78 is 4.65. The molecule has 1 aliphatic rings. The highest BCUT2D eigenvalue weighted by molar-refractivity contribution is 6.16. The number of nitro groups is 1. The van der Waals surface area contributed by atoms with Crippen LogP contribution >= 0.6 is 0 Å². The van der Waals surface area contributed by atoms with E-state index in [9.17, 15) is 19.7 Å². The molecule has 0 radical (unpaired) electrons. The molecule has 1 amide bonds. The average molecular weight is 288 g/mol. The fraction of sp³-hybridized carbons (Fsp3) is 0.143. The minimum Gasteiger partial charge on any atom is -0.465 e. The van der Waals surface area contributed by atoms with Crippen LogP contribution in [0.15, 0.2) is 41.1 Å². The van der Waals surface area contributed by atoms with Crippen molar-refractivity contribution in [3.05, 3.63) is 56.8 Å². The molecular weight excluding hydrogens is 276 g/mol. The predicted molar refractivity (Wildman–Crippen MR) is 73.9 cm³/mol. The number of nitrogens with zero attached hydrogens (tertiary/aromatic N) is 1. The van der Waals surface area contributed by atoms with Gasteiger partial charge >= 0.3 is 5.97 Å². The molecule has 108 valence electrons. The molecule has 1 N–H and O–H groups in total. The summed E-state index contributed by atoms with van der Waals surface area (Å²) in [5.74, 6) is -1.02. The fourth-order valence-corrected chi connectivity index (χ4v) is 1.98. The molecule has 0 fully saturated rings. The van der Waals surface area contributed by atoms with Gasteiger partial charge in [-0.3, -0.25) is 14.9 Å². The second-order valence-corrected chi connectivity index (χ2v) is 4.35. The largest absolute Gasteiger partial charge is 0.465 e. The van der Waals surface area contributed by atoms with Crippen LogP contribution in [-0.4, -0.2) is 23.9 Å². The summed E-state index contributed by atoms with van der Waals surface area (Å²) in [5.41, 5.74) is 1.28. The molecule has 1 aromatic carbocycles. The number of amides is 1. The Balaban J connectivity index is 2.41. The van der Waals surface area contributed by atoms with E-state index in [1.54, 1.807) is 6.92 Å². The lowest BCUT2D eigenvalue weighted by Crippen LogP contribution is -2.15. The Labute approximate surface area is 120 Å². The number of nitro benzene ring substituents is 1. The standard InChI is InChI=1S/C14H12N2O5/c1-8-12(14(18)21-2)11(13(17)15-8)7-9-3-5-10(6-4-9)16(19)20/h3-7H,1-2H3,(H,15,17). The van der Waals surface area contributed by atoms with E-state index in [1.165, 1.54) is 37.5 Å². The van der Waals surface area contributed by atoms with Gasteiger partial charge in [0, 0.05) is 17.8 Å². The molecule has 21 heavy (non-hydrogen) atoms. The van der Waals surface area contributed by atoms with E-state index in [-0.39, 0.29) is 16.8 Å². The van der Waals surface area contributed by atoms with Gasteiger partial charge in [0.25, 0.3) is 11.6 Å². The highest BCUT2D eigenvalue weighted by atomic mass is 16.6. The molecule has 7 heteroatoms. The number of carbonyl (C=O) groups is 2. The lowest BCUT2D eigenvalue weighted by molar-refractivity contribution is -0.384. The normalized spacial score (nSPS) is 16.1. The first kappa shape index (κ1) is 14.4. The highest BCUT2D eigenvalue weighted by Crippen LogP contribution is 2.25. The molecule has 0 saturated heterocycles. The zero-order chi connectivity index (χ0) is 15.6. The fourth-order valence-electron chi connectivity index (χ4n) is 1.98. The van der Waals surface area contributed by atoms with Crippen LogP contribution in [0.3, 0.4) is 0 Å². The Bertz CT molecular complexity index is 686. The summed E-state index contributed by atoms with van der Waals surface area (Å²) in [7, 11) is 1.23. The van der Waals surface area contributed by atoms with Crippen LogP contribution < -0.4 is 5.32 Å². The summed E-state index contributed by atoms with van der Waals surface area (Å²) in [5, 5.41) is 13.1. The molecule has 0 atom stereocenters. The topological polar surface area (TPSA) is 98.5 Å². The van der Waals surface area contributed by atoms with Gasteiger partial charge in [-0.2, -0.15) is 0 Å². The molecule has 2 rings (SSSR count). The third kappa shape index (κ3) is 2.81. The minimum absolute atomic E-state index is 0.0482. The Morgan fingerprint density at radius 2 is 1.95 bits per heavy atom. The van der Waals surface area contributed by atoms with Crippen molar-refractivity contribution in [2.75, 3.05) is 7.11 Å². The first-order valence-electron chi connectivity index (χ1n) is 6.01. The summed E-state index contributed by atoms with van der Waals surface area (Å²) in [6, 6.07) is 5.66. The zero-order valence-corrected chi connectivity index (χ0v) is 11.4. The second kappa shape index (κ2) is 5.58. The maximum absolute atomic E-state index is 11.9. The van der Waals surface area contributed by atoms with Gasteiger partial charge < -0.3 is 10.1 Å². The second-order valence-electron chi connectivity index (χ2n) is 4.35. The molecule has 0 aromatic heterocycles. The third-order valence-electron chi connectivity index (χ3n) is 2.99. The zero-order valence-electron chi connectivity index (χ0n) is 11.4. The van der Waals surface area contributed by atoms with Gasteiger partial charge in [0.05, 0.1) is 23.2 Å². The van der Waals surface area contributed by atoms with Crippen LogP contribution in [-0.2, 0) is 14.3 Å². The maximum Gasteiger partial charge on any atom is 0.340 e. The SMILES string of the molecule is COC(=O)C1=C(C)NC(=O)C1=Cc1ccc([N+](=O)[O-])cc1. The van der Waals surface area contributed by atoms with E-state index in [0.717, 1.165) is 0 Å². The van der Waals surface area contributed by atoms with Crippen LogP contribution in [0.5, 0.6) is 0 Å². The van der Waals surface area contributed by atoms with Crippen LogP contribution in [0.4, 0.5) is 5.69 Å². The van der Waals surface area contributed by atoms with E-state index in [4.69, 9.17) is 0 Å². The van der Waals surface area contributed by atoms with Gasteiger partial charge in [-0.1, -0.05) is 0 Å². The number of non-ortho nitro benzene ring substituents is 1. The molecule has 7 nitrogen and oxygen atoms in total. The van der Waals surface area contributed by atoms with Crippen molar-refractivity contribution in [3.63, 3.8) is 0 Å². The Hall–Kier alpha value is -2.96. The molecule has 0 bridgehead atoms. The summed E-state index contributed by atoms with van der Waals surface area (Å²) >= 11 is 0. The van der Waals surface area contributed by atoms with Crippen LogP contribution in [0, 0.1) is 10.1 Å². The Morgan fingerprint density at radius 3 is 2.48 bits per heavy atom. The molecule has 0 saturated carbocycles. The molecule has 1 aromatic rings. The van der Waals surface area contributed by atoms with E-state index >= 15 is 0 Å². The van der Waals surface area contributed by atoms with Gasteiger partial charge in [-0.05, 0) is 30.7 Å². The molecule has 0 spiro atoms. The summed E-state index contributed by atoms with van der Waals surface area (Å²) in [4.78, 5) is 33.6. The Morgan fingerprint density at radius 1 is 1.33 bits per heavy atom. The first-order chi connectivity index (χ1) is 9.93. The van der Waals surface area contributed by atoms with Crippen LogP contribution in [0.2, 0.25) is 0 Å². The predicted octanol–water partition coefficient (Wildman–Crippen LogP) is 1.55. The summed E-state index contributed by atoms with van der Waals surface area (Å²) in [6.45, 7) is 1.60. The monoisotopic (exact) mass is 288 g/mol. The van der Waals surface area contributed by atoms with Crippen LogP contribution in [0.25, 0.3) is 6.08 Å². The van der Waals surface area contributed by atoms with Gasteiger partial charge in [0.15, 0.2) is 0 Å². The van der Waals surface area contributed by atoms with Crippen molar-refractivity contribution in [3.8, 4) is 0 Å². The number of hydrogen-bond acceptors (Lipinski definition) is 5. The lowest BCUT2D eigenvalue weighted by atomic mass is 10.0. The molecule has 1 heterocycles. The number of hydrogen-bond donors (Lipinski definition) is 1. The van der Waals surface area contributed by atoms with E-state index < -0.39 is 16.8 Å². The number of carbonyl (C=O) groups excluding carboxylic acids is 2. The van der Waals surface area contributed by atoms with Crippen LogP contribution in [0.1, 0.15) is 12.5 Å². The van der Waals surface area contributed by atoms with Gasteiger partial charge in [-0.25, -0.2) is 4.79 Å². The number of benzene rings is 1. The highest BCUT2D eigenvalue weighted by Gasteiger charge is 2.30. The van der Waals surface area contributed by atoms with E-state index in [1.807, 2.05) is 0 Å². The van der Waals surface area contributed by atoms with Crippen molar-refractivity contribution < 1.29 is 19.2 Å². The smallest absolute Gasteiger partial charge is 0.340 e. The molecule has 0 unspecified atom stereocenters. The number of nitrogens with one attached hydrogen (secondary N) is 1. The van der Waals surface area contributed by atoms with Crippen molar-refractivity contribution in [2.45, 2.75) is 6.92 Å². The molecule has 0 aliphatic carbocycles. The summed E-state index contributed by atoms with van der Waals surface area (Å²) in [6.07, 6.45) is 1.49. The Kier molecular flexibility index (Phi) is 3.84. The molecular formula is C14H12N2O5. The average Bonchev–Trinajstić information content (AvgIpc) is 2.73. The van der Waals surface area contributed by atoms with Crippen molar-refractivity contribution in [1.29, 1.82) is 0 Å². The lowest BCUT2D eigenvalue weighted by Gasteiger charge is -2.02. The number of ether oxygens (including phenoxy) is 1. The quantitative estimate of drug-likeness (QED) is 0.394. The van der Waals surface area contributed by atoms with E-state index in [2.05, 4.69) is 10.1 Å². The van der Waals surface area contributed by atoms with Gasteiger partial charge in [0.1, 0.15) is 0 Å². The molecule has 1 aliphatic heterocycles. The number of rotatable bonds is 3. The van der Waals surface area contributed by atoms with Crippen molar-refractivity contribution in [1.82, 2.24) is 5.32 Å².